The number of hydrogen-bond donors (Lipinski definition) is 0. The van der Waals surface area contributed by atoms with Crippen molar-refractivity contribution in [2.45, 2.75) is 0 Å². The average Bonchev–Trinajstić information content (AvgIpc) is 2.84. The van der Waals surface area contributed by atoms with Crippen molar-refractivity contribution >= 4 is 33.5 Å². The van der Waals surface area contributed by atoms with E-state index in [4.69, 9.17) is 0 Å². The van der Waals surface area contributed by atoms with Crippen molar-refractivity contribution < 1.29 is 9.18 Å². The Balaban J connectivity index is 1.95. The molecule has 0 aliphatic rings. The average molecular weight is 312 g/mol. The maximum atomic E-state index is 13.8. The number of fused-ring (bicyclic) bond motifs is 1. The summed E-state index contributed by atoms with van der Waals surface area (Å²) in [5, 5.41) is 0. The first-order chi connectivity index (χ1) is 10.6. The van der Waals surface area contributed by atoms with Gasteiger partial charge in [-0.15, -0.1) is 0 Å². The molecule has 3 rings (SSSR count). The minimum atomic E-state index is -0.369. The van der Waals surface area contributed by atoms with E-state index in [1.54, 1.807) is 23.8 Å². The number of aromatic nitrogens is 1. The zero-order valence-electron chi connectivity index (χ0n) is 11.9. The zero-order valence-corrected chi connectivity index (χ0v) is 12.7. The number of halogens is 1. The van der Waals surface area contributed by atoms with Crippen LogP contribution in [0, 0.1) is 5.82 Å². The summed E-state index contributed by atoms with van der Waals surface area (Å²) < 4.78 is 16.2. The predicted molar refractivity (Wildman–Crippen MR) is 86.8 cm³/mol. The van der Waals surface area contributed by atoms with Gasteiger partial charge in [0.2, 0.25) is 0 Å². The summed E-state index contributed by atoms with van der Waals surface area (Å²) >= 11 is 1.29. The zero-order chi connectivity index (χ0) is 15.5. The number of rotatable bonds is 2. The third kappa shape index (κ3) is 2.89. The number of hydrogen-bond acceptors (Lipinski definition) is 2. The van der Waals surface area contributed by atoms with Gasteiger partial charge in [0.15, 0.2) is 4.80 Å². The van der Waals surface area contributed by atoms with Crippen LogP contribution in [-0.4, -0.2) is 10.5 Å². The number of thiazole rings is 1. The van der Waals surface area contributed by atoms with Gasteiger partial charge in [0.1, 0.15) is 5.82 Å². The fraction of sp³-hybridized carbons (Fsp3) is 0.0588. The number of nitrogens with zero attached hydrogens (tertiary/aromatic N) is 2. The highest BCUT2D eigenvalue weighted by Crippen LogP contribution is 2.19. The smallest absolute Gasteiger partial charge is 0.272 e. The van der Waals surface area contributed by atoms with E-state index in [0.717, 1.165) is 10.3 Å². The summed E-state index contributed by atoms with van der Waals surface area (Å²) in [4.78, 5) is 16.5. The molecule has 0 atom stereocenters. The molecule has 0 unspecified atom stereocenters. The summed E-state index contributed by atoms with van der Waals surface area (Å²) in [6.45, 7) is 0. The second-order valence-electron chi connectivity index (χ2n) is 4.72. The molecule has 0 bridgehead atoms. The predicted octanol–water partition coefficient (Wildman–Crippen LogP) is 3.52. The minimum absolute atomic E-state index is 0.315. The van der Waals surface area contributed by atoms with Crippen molar-refractivity contribution in [2.24, 2.45) is 12.0 Å². The second-order valence-corrected chi connectivity index (χ2v) is 5.73. The standard InChI is InChI=1S/C17H13FN2OS/c1-20-16-13(18)8-5-9-14(16)22-17(20)19-15(21)11-10-12-6-3-2-4-7-12/h2-11H,1H3. The van der Waals surface area contributed by atoms with E-state index >= 15 is 0 Å². The molecule has 1 amide bonds. The highest BCUT2D eigenvalue weighted by molar-refractivity contribution is 7.16. The van der Waals surface area contributed by atoms with Crippen LogP contribution in [0.5, 0.6) is 0 Å². The number of carbonyl (C=O) groups is 1. The van der Waals surface area contributed by atoms with E-state index in [1.165, 1.54) is 23.5 Å². The molecule has 22 heavy (non-hydrogen) atoms. The lowest BCUT2D eigenvalue weighted by atomic mass is 10.2. The van der Waals surface area contributed by atoms with Gasteiger partial charge < -0.3 is 4.57 Å². The van der Waals surface area contributed by atoms with Crippen molar-refractivity contribution in [1.29, 1.82) is 0 Å². The number of carbonyl (C=O) groups excluding carboxylic acids is 1. The Hall–Kier alpha value is -2.53. The van der Waals surface area contributed by atoms with Gasteiger partial charge in [0, 0.05) is 13.1 Å². The summed E-state index contributed by atoms with van der Waals surface area (Å²) in [6.07, 6.45) is 3.12. The van der Waals surface area contributed by atoms with E-state index in [0.29, 0.717) is 10.3 Å². The maximum absolute atomic E-state index is 13.8. The molecule has 3 aromatic rings. The molecule has 0 aliphatic carbocycles. The molecular formula is C17H13FN2OS. The molecule has 0 saturated carbocycles. The summed E-state index contributed by atoms with van der Waals surface area (Å²) in [6, 6.07) is 14.4. The number of aryl methyl sites for hydroxylation is 1. The molecular weight excluding hydrogens is 299 g/mol. The molecule has 1 aromatic heterocycles. The van der Waals surface area contributed by atoms with Crippen LogP contribution in [-0.2, 0) is 11.8 Å². The fourth-order valence-corrected chi connectivity index (χ4v) is 3.17. The van der Waals surface area contributed by atoms with Gasteiger partial charge in [-0.05, 0) is 23.8 Å². The molecule has 0 fully saturated rings. The van der Waals surface area contributed by atoms with E-state index in [1.807, 2.05) is 36.4 Å². The van der Waals surface area contributed by atoms with Crippen molar-refractivity contribution in [3.05, 3.63) is 70.8 Å². The van der Waals surface area contributed by atoms with Crippen molar-refractivity contribution in [3.63, 3.8) is 0 Å². The van der Waals surface area contributed by atoms with Crippen LogP contribution in [0.3, 0.4) is 0 Å². The largest absolute Gasteiger partial charge is 0.317 e. The van der Waals surface area contributed by atoms with Gasteiger partial charge in [0.25, 0.3) is 5.91 Å². The highest BCUT2D eigenvalue weighted by atomic mass is 32.1. The molecule has 0 spiro atoms. The van der Waals surface area contributed by atoms with Crippen LogP contribution in [0.25, 0.3) is 16.3 Å². The molecule has 1 heterocycles. The summed E-state index contributed by atoms with van der Waals surface area (Å²) in [7, 11) is 1.70. The van der Waals surface area contributed by atoms with Crippen molar-refractivity contribution in [2.75, 3.05) is 0 Å². The van der Waals surface area contributed by atoms with Crippen LogP contribution in [0.15, 0.2) is 59.6 Å². The number of amides is 1. The lowest BCUT2D eigenvalue weighted by molar-refractivity contribution is -0.113. The molecule has 5 heteroatoms. The Labute approximate surface area is 130 Å². The van der Waals surface area contributed by atoms with E-state index in [2.05, 4.69) is 4.99 Å². The molecule has 2 aromatic carbocycles. The normalized spacial score (nSPS) is 12.4. The molecule has 0 radical (unpaired) electrons. The van der Waals surface area contributed by atoms with Gasteiger partial charge in [0.05, 0.1) is 10.2 Å². The Morgan fingerprint density at radius 2 is 1.95 bits per heavy atom. The first kappa shape index (κ1) is 14.4. The van der Waals surface area contributed by atoms with Crippen molar-refractivity contribution in [1.82, 2.24) is 4.57 Å². The van der Waals surface area contributed by atoms with Crippen molar-refractivity contribution in [3.8, 4) is 0 Å². The van der Waals surface area contributed by atoms with Crippen LogP contribution < -0.4 is 4.80 Å². The van der Waals surface area contributed by atoms with Crippen LogP contribution in [0.2, 0.25) is 0 Å². The topological polar surface area (TPSA) is 34.4 Å². The highest BCUT2D eigenvalue weighted by Gasteiger charge is 2.07. The van der Waals surface area contributed by atoms with Gasteiger partial charge >= 0.3 is 0 Å². The third-order valence-electron chi connectivity index (χ3n) is 3.20. The lowest BCUT2D eigenvalue weighted by Gasteiger charge is -1.95. The quantitative estimate of drug-likeness (QED) is 0.667. The first-order valence-corrected chi connectivity index (χ1v) is 7.52. The fourth-order valence-electron chi connectivity index (χ4n) is 2.13. The van der Waals surface area contributed by atoms with Gasteiger partial charge in [-0.25, -0.2) is 4.39 Å². The monoisotopic (exact) mass is 312 g/mol. The van der Waals surface area contributed by atoms with Crippen LogP contribution in [0.1, 0.15) is 5.56 Å². The first-order valence-electron chi connectivity index (χ1n) is 6.71. The minimum Gasteiger partial charge on any atom is -0.317 e. The Morgan fingerprint density at radius 3 is 2.68 bits per heavy atom. The van der Waals surface area contributed by atoms with E-state index in [-0.39, 0.29) is 11.7 Å². The van der Waals surface area contributed by atoms with Crippen LogP contribution in [0.4, 0.5) is 4.39 Å². The van der Waals surface area contributed by atoms with Crippen LogP contribution >= 0.6 is 11.3 Å². The van der Waals surface area contributed by atoms with Gasteiger partial charge in [-0.3, -0.25) is 4.79 Å². The maximum Gasteiger partial charge on any atom is 0.272 e. The molecule has 0 saturated heterocycles. The number of para-hydroxylation sites is 1. The lowest BCUT2D eigenvalue weighted by Crippen LogP contribution is -2.12. The summed E-state index contributed by atoms with van der Waals surface area (Å²) in [5.41, 5.74) is 1.39. The Bertz CT molecular complexity index is 923. The molecule has 110 valence electrons. The molecule has 0 N–H and O–H groups in total. The molecule has 3 nitrogen and oxygen atoms in total. The van der Waals surface area contributed by atoms with Gasteiger partial charge in [-0.1, -0.05) is 47.7 Å². The van der Waals surface area contributed by atoms with E-state index < -0.39 is 0 Å². The Morgan fingerprint density at radius 1 is 1.18 bits per heavy atom. The molecule has 0 aliphatic heterocycles. The van der Waals surface area contributed by atoms with Gasteiger partial charge in [-0.2, -0.15) is 4.99 Å². The third-order valence-corrected chi connectivity index (χ3v) is 4.29. The van der Waals surface area contributed by atoms with E-state index in [9.17, 15) is 9.18 Å². The Kier molecular flexibility index (Phi) is 3.98. The second kappa shape index (κ2) is 6.07. The SMILES string of the molecule is Cn1c(=NC(=O)C=Cc2ccccc2)sc2cccc(F)c21. The summed E-state index contributed by atoms with van der Waals surface area (Å²) in [5.74, 6) is -0.684. The number of benzene rings is 2.